The summed E-state index contributed by atoms with van der Waals surface area (Å²) in [5, 5.41) is 0. The number of benzene rings is 1. The molecule has 0 amide bonds. The van der Waals surface area contributed by atoms with Crippen LogP contribution in [-0.2, 0) is 4.79 Å². The first-order valence-corrected chi connectivity index (χ1v) is 8.90. The minimum atomic E-state index is 0.331. The molecule has 1 fully saturated rings. The molecule has 1 aliphatic rings. The quantitative estimate of drug-likeness (QED) is 0.762. The number of carbonyl (C=O) groups is 1. The van der Waals surface area contributed by atoms with Gasteiger partial charge in [0.05, 0.1) is 0 Å². The van der Waals surface area contributed by atoms with Gasteiger partial charge in [0.25, 0.3) is 0 Å². The molecule has 1 aromatic carbocycles. The van der Waals surface area contributed by atoms with E-state index >= 15 is 0 Å². The molecule has 98 valence electrons. The van der Waals surface area contributed by atoms with Crippen molar-refractivity contribution in [2.45, 2.75) is 50.3 Å². The number of carbonyl (C=O) groups excluding carboxylic acids is 1. The van der Waals surface area contributed by atoms with E-state index in [9.17, 15) is 4.79 Å². The molecule has 1 nitrogen and oxygen atoms in total. The van der Waals surface area contributed by atoms with Crippen molar-refractivity contribution in [1.29, 1.82) is 0 Å². The van der Waals surface area contributed by atoms with E-state index in [-0.39, 0.29) is 0 Å². The Balaban J connectivity index is 2.03. The number of unbranched alkanes of at least 4 members (excludes halogenated alkanes) is 1. The average molecular weight is 309 g/mol. The topological polar surface area (TPSA) is 17.1 Å². The summed E-state index contributed by atoms with van der Waals surface area (Å²) in [6.45, 7) is 2.24. The maximum absolute atomic E-state index is 12.2. The predicted molar refractivity (Wildman–Crippen MR) is 77.5 cm³/mol. The summed E-state index contributed by atoms with van der Waals surface area (Å²) < 4.78 is 1.38. The van der Waals surface area contributed by atoms with Gasteiger partial charge in [-0.2, -0.15) is 0 Å². The third-order valence-electron chi connectivity index (χ3n) is 3.68. The second-order valence-electron chi connectivity index (χ2n) is 5.11. The van der Waals surface area contributed by atoms with Gasteiger partial charge in [0.2, 0.25) is 0 Å². The molecule has 0 saturated heterocycles. The third kappa shape index (κ3) is 3.70. The van der Waals surface area contributed by atoms with Gasteiger partial charge in [-0.15, -0.1) is 0 Å². The van der Waals surface area contributed by atoms with Crippen LogP contribution in [0.5, 0.6) is 0 Å². The third-order valence-corrected chi connectivity index (χ3v) is 6.71. The average Bonchev–Trinajstić information content (AvgIpc) is 2.41. The van der Waals surface area contributed by atoms with Gasteiger partial charge in [0.1, 0.15) is 0 Å². The van der Waals surface area contributed by atoms with Crippen LogP contribution in [0, 0.1) is 5.92 Å². The molecular weight excluding hydrogens is 287 g/mol. The molecule has 2 heteroatoms. The van der Waals surface area contributed by atoms with E-state index in [1.165, 1.54) is 30.1 Å². The molecule has 1 aliphatic carbocycles. The van der Waals surface area contributed by atoms with Crippen LogP contribution in [0.4, 0.5) is 0 Å². The van der Waals surface area contributed by atoms with Gasteiger partial charge in [0.15, 0.2) is 0 Å². The molecule has 2 atom stereocenters. The summed E-state index contributed by atoms with van der Waals surface area (Å²) in [6, 6.07) is 10.6. The first kappa shape index (κ1) is 13.8. The van der Waals surface area contributed by atoms with Crippen molar-refractivity contribution in [3.8, 4) is 0 Å². The molecule has 0 aromatic heterocycles. The second-order valence-corrected chi connectivity index (χ2v) is 7.66. The maximum atomic E-state index is 12.2. The number of ketones is 1. The van der Waals surface area contributed by atoms with Crippen molar-refractivity contribution in [3.63, 3.8) is 0 Å². The van der Waals surface area contributed by atoms with Gasteiger partial charge in [-0.3, -0.25) is 0 Å². The van der Waals surface area contributed by atoms with Crippen molar-refractivity contribution >= 4 is 25.2 Å². The first-order valence-electron chi connectivity index (χ1n) is 7.05. The molecule has 0 spiro atoms. The standard InChI is InChI=1S/C16H22OSe/c1-2-3-8-13-9-7-12-15(17)16(13)18-14-10-5-4-6-11-14/h4-6,10-11,13,16H,2-3,7-9,12H2,1H3/t13-,16-/m1/s1. The molecular formula is C16H22OSe. The van der Waals surface area contributed by atoms with Crippen LogP contribution in [0.15, 0.2) is 30.3 Å². The van der Waals surface area contributed by atoms with Crippen LogP contribution in [0.3, 0.4) is 0 Å². The summed E-state index contributed by atoms with van der Waals surface area (Å²) in [5.41, 5.74) is 0. The summed E-state index contributed by atoms with van der Waals surface area (Å²) in [6.07, 6.45) is 6.98. The summed E-state index contributed by atoms with van der Waals surface area (Å²) in [4.78, 5) is 12.5. The van der Waals surface area contributed by atoms with Crippen LogP contribution in [-0.4, -0.2) is 20.7 Å². The SMILES string of the molecule is CCCC[C@@H]1CCCC(=O)[C@@H]1[Se]c1ccccc1. The van der Waals surface area contributed by atoms with Crippen LogP contribution in [0.2, 0.25) is 4.82 Å². The monoisotopic (exact) mass is 310 g/mol. The van der Waals surface area contributed by atoms with Gasteiger partial charge in [0, 0.05) is 0 Å². The Bertz CT molecular complexity index is 374. The van der Waals surface area contributed by atoms with Crippen LogP contribution in [0.25, 0.3) is 0 Å². The molecule has 2 rings (SSSR count). The Morgan fingerprint density at radius 3 is 2.78 bits per heavy atom. The fourth-order valence-electron chi connectivity index (χ4n) is 2.66. The molecule has 1 aromatic rings. The zero-order valence-corrected chi connectivity index (χ0v) is 12.8. The van der Waals surface area contributed by atoms with E-state index < -0.39 is 0 Å². The van der Waals surface area contributed by atoms with Crippen molar-refractivity contribution in [2.75, 3.05) is 0 Å². The molecule has 0 unspecified atom stereocenters. The van der Waals surface area contributed by atoms with Gasteiger partial charge in [-0.1, -0.05) is 0 Å². The molecule has 0 aliphatic heterocycles. The molecule has 0 bridgehead atoms. The minimum absolute atomic E-state index is 0.331. The van der Waals surface area contributed by atoms with Gasteiger partial charge < -0.3 is 0 Å². The number of hydrogen-bond acceptors (Lipinski definition) is 1. The van der Waals surface area contributed by atoms with Gasteiger partial charge in [-0.25, -0.2) is 0 Å². The zero-order valence-electron chi connectivity index (χ0n) is 11.1. The second kappa shape index (κ2) is 7.11. The van der Waals surface area contributed by atoms with Gasteiger partial charge >= 0.3 is 117 Å². The molecule has 1 saturated carbocycles. The Morgan fingerprint density at radius 1 is 1.28 bits per heavy atom. The van der Waals surface area contributed by atoms with Crippen LogP contribution >= 0.6 is 0 Å². The van der Waals surface area contributed by atoms with E-state index in [1.54, 1.807) is 0 Å². The number of Topliss-reactive ketones (excluding diaryl/α,β-unsaturated/α-hetero) is 1. The zero-order chi connectivity index (χ0) is 12.8. The van der Waals surface area contributed by atoms with Crippen molar-refractivity contribution < 1.29 is 4.79 Å². The normalized spacial score (nSPS) is 24.2. The van der Waals surface area contributed by atoms with E-state index in [4.69, 9.17) is 0 Å². The van der Waals surface area contributed by atoms with Crippen molar-refractivity contribution in [2.24, 2.45) is 5.92 Å². The Kier molecular flexibility index (Phi) is 5.46. The summed E-state index contributed by atoms with van der Waals surface area (Å²) in [5.74, 6) is 1.19. The van der Waals surface area contributed by atoms with Crippen molar-refractivity contribution in [1.82, 2.24) is 0 Å². The Hall–Kier alpha value is -0.591. The van der Waals surface area contributed by atoms with E-state index in [0.29, 0.717) is 31.5 Å². The fourth-order valence-corrected chi connectivity index (χ4v) is 5.44. The fraction of sp³-hybridized carbons (Fsp3) is 0.562. The van der Waals surface area contributed by atoms with E-state index in [0.717, 1.165) is 12.8 Å². The van der Waals surface area contributed by atoms with Crippen LogP contribution < -0.4 is 4.46 Å². The Morgan fingerprint density at radius 2 is 2.06 bits per heavy atom. The van der Waals surface area contributed by atoms with E-state index in [2.05, 4.69) is 37.3 Å². The Labute approximate surface area is 117 Å². The molecule has 18 heavy (non-hydrogen) atoms. The molecule has 0 N–H and O–H groups in total. The number of rotatable bonds is 5. The van der Waals surface area contributed by atoms with Gasteiger partial charge in [-0.05, 0) is 0 Å². The predicted octanol–water partition coefficient (Wildman–Crippen LogP) is 3.36. The van der Waals surface area contributed by atoms with E-state index in [1.807, 2.05) is 0 Å². The summed E-state index contributed by atoms with van der Waals surface area (Å²) >= 11 is 0.331. The first-order chi connectivity index (χ1) is 8.81. The molecule has 0 heterocycles. The number of hydrogen-bond donors (Lipinski definition) is 0. The molecule has 0 radical (unpaired) electrons. The summed E-state index contributed by atoms with van der Waals surface area (Å²) in [7, 11) is 0. The van der Waals surface area contributed by atoms with Crippen molar-refractivity contribution in [3.05, 3.63) is 30.3 Å². The van der Waals surface area contributed by atoms with Crippen LogP contribution in [0.1, 0.15) is 45.4 Å².